The molecular formula is C9H3BrCl3F5. The summed E-state index contributed by atoms with van der Waals surface area (Å²) in [6.45, 7) is 0. The zero-order valence-electron chi connectivity index (χ0n) is 8.13. The van der Waals surface area contributed by atoms with Gasteiger partial charge in [-0.25, -0.2) is 0 Å². The first kappa shape index (κ1) is 16.3. The molecule has 0 aliphatic heterocycles. The van der Waals surface area contributed by atoms with Gasteiger partial charge in [0.15, 0.2) is 0 Å². The predicted octanol–water partition coefficient (Wildman–Crippen LogP) is 6.28. The molecule has 0 saturated heterocycles. The van der Waals surface area contributed by atoms with Crippen molar-refractivity contribution in [2.45, 2.75) is 16.9 Å². The molecule has 0 nitrogen and oxygen atoms in total. The lowest BCUT2D eigenvalue weighted by atomic mass is 10.1. The van der Waals surface area contributed by atoms with Crippen LogP contribution in [0, 0.1) is 0 Å². The van der Waals surface area contributed by atoms with Gasteiger partial charge in [0.2, 0.25) is 0 Å². The van der Waals surface area contributed by atoms with Crippen molar-refractivity contribution in [2.75, 3.05) is 0 Å². The molecule has 0 spiro atoms. The largest absolute Gasteiger partial charge is 0.454 e. The molecule has 0 bridgehead atoms. The van der Waals surface area contributed by atoms with Crippen molar-refractivity contribution in [3.05, 3.63) is 32.8 Å². The third-order valence-electron chi connectivity index (χ3n) is 2.00. The Balaban J connectivity index is 3.24. The standard InChI is InChI=1S/C9H3BrCl3F5/c10-7(8(14,15)9(16,17)18)3-1-4(11)6(13)5(12)2-3/h1-2,7H. The van der Waals surface area contributed by atoms with Crippen LogP contribution in [0.5, 0.6) is 0 Å². The van der Waals surface area contributed by atoms with E-state index in [2.05, 4.69) is 15.9 Å². The molecular weight excluding hydrogens is 389 g/mol. The predicted molar refractivity (Wildman–Crippen MR) is 64.1 cm³/mol. The van der Waals surface area contributed by atoms with Crippen molar-refractivity contribution in [1.82, 2.24) is 0 Å². The molecule has 0 N–H and O–H groups in total. The van der Waals surface area contributed by atoms with Crippen molar-refractivity contribution < 1.29 is 22.0 Å². The molecule has 0 aromatic heterocycles. The Morgan fingerprint density at radius 2 is 1.33 bits per heavy atom. The molecule has 9 heteroatoms. The van der Waals surface area contributed by atoms with Crippen LogP contribution in [0.2, 0.25) is 15.1 Å². The Labute approximate surface area is 122 Å². The monoisotopic (exact) mass is 390 g/mol. The van der Waals surface area contributed by atoms with E-state index in [1.807, 2.05) is 0 Å². The highest BCUT2D eigenvalue weighted by molar-refractivity contribution is 9.09. The summed E-state index contributed by atoms with van der Waals surface area (Å²) in [6, 6.07) is 1.80. The molecule has 0 aliphatic rings. The second kappa shape index (κ2) is 5.31. The smallest absolute Gasteiger partial charge is 0.195 e. The topological polar surface area (TPSA) is 0 Å². The molecule has 1 unspecified atom stereocenters. The van der Waals surface area contributed by atoms with Crippen molar-refractivity contribution in [3.8, 4) is 0 Å². The van der Waals surface area contributed by atoms with Crippen LogP contribution in [-0.4, -0.2) is 12.1 Å². The van der Waals surface area contributed by atoms with Gasteiger partial charge in [-0.3, -0.25) is 0 Å². The number of rotatable bonds is 2. The number of hydrogen-bond acceptors (Lipinski definition) is 0. The van der Waals surface area contributed by atoms with E-state index in [0.29, 0.717) is 0 Å². The Kier molecular flexibility index (Phi) is 4.80. The first-order valence-electron chi connectivity index (χ1n) is 4.21. The Morgan fingerprint density at radius 3 is 1.67 bits per heavy atom. The van der Waals surface area contributed by atoms with E-state index in [1.165, 1.54) is 0 Å². The minimum atomic E-state index is -5.69. The van der Waals surface area contributed by atoms with E-state index in [9.17, 15) is 22.0 Å². The molecule has 0 heterocycles. The molecule has 0 radical (unpaired) electrons. The van der Waals surface area contributed by atoms with Gasteiger partial charge < -0.3 is 0 Å². The normalized spacial score (nSPS) is 14.7. The van der Waals surface area contributed by atoms with Gasteiger partial charge in [-0.15, -0.1) is 0 Å². The van der Waals surface area contributed by atoms with E-state index >= 15 is 0 Å². The SMILES string of the molecule is FC(F)(F)C(F)(F)C(Br)c1cc(Cl)c(Cl)c(Cl)c1. The summed E-state index contributed by atoms with van der Waals surface area (Å²) >= 11 is 19.0. The maximum Gasteiger partial charge on any atom is 0.454 e. The average molecular weight is 392 g/mol. The Morgan fingerprint density at radius 1 is 0.944 bits per heavy atom. The summed E-state index contributed by atoms with van der Waals surface area (Å²) in [5, 5.41) is -0.528. The summed E-state index contributed by atoms with van der Waals surface area (Å²) in [6.07, 6.45) is -5.69. The van der Waals surface area contributed by atoms with Crippen molar-refractivity contribution in [2.24, 2.45) is 0 Å². The molecule has 0 aliphatic carbocycles. The van der Waals surface area contributed by atoms with Crippen LogP contribution < -0.4 is 0 Å². The molecule has 1 rings (SSSR count). The third-order valence-corrected chi connectivity index (χ3v) is 4.30. The van der Waals surface area contributed by atoms with Crippen molar-refractivity contribution in [1.29, 1.82) is 0 Å². The van der Waals surface area contributed by atoms with Crippen LogP contribution in [0.4, 0.5) is 22.0 Å². The van der Waals surface area contributed by atoms with Crippen LogP contribution in [-0.2, 0) is 0 Å². The maximum absolute atomic E-state index is 13.1. The zero-order chi connectivity index (χ0) is 14.3. The van der Waals surface area contributed by atoms with Gasteiger partial charge in [-0.2, -0.15) is 22.0 Å². The molecule has 0 fully saturated rings. The molecule has 1 aromatic carbocycles. The van der Waals surface area contributed by atoms with E-state index in [0.717, 1.165) is 12.1 Å². The zero-order valence-corrected chi connectivity index (χ0v) is 12.0. The second-order valence-corrected chi connectivity index (χ2v) is 5.39. The molecule has 0 amide bonds. The summed E-state index contributed by atoms with van der Waals surface area (Å²) < 4.78 is 62.7. The fourth-order valence-corrected chi connectivity index (χ4v) is 2.21. The first-order valence-corrected chi connectivity index (χ1v) is 6.26. The number of halogens is 9. The minimum absolute atomic E-state index is 0.114. The fraction of sp³-hybridized carbons (Fsp3) is 0.333. The Hall–Kier alpha value is 0.220. The van der Waals surface area contributed by atoms with Gasteiger partial charge in [0.25, 0.3) is 0 Å². The molecule has 18 heavy (non-hydrogen) atoms. The highest BCUT2D eigenvalue weighted by Gasteiger charge is 2.62. The molecule has 1 atom stereocenters. The summed E-state index contributed by atoms with van der Waals surface area (Å²) in [7, 11) is 0. The highest BCUT2D eigenvalue weighted by Crippen LogP contribution is 2.50. The lowest BCUT2D eigenvalue weighted by molar-refractivity contribution is -0.281. The molecule has 102 valence electrons. The van der Waals surface area contributed by atoms with Crippen LogP contribution in [0.3, 0.4) is 0 Å². The van der Waals surface area contributed by atoms with Crippen molar-refractivity contribution >= 4 is 50.7 Å². The minimum Gasteiger partial charge on any atom is -0.195 e. The first-order chi connectivity index (χ1) is 7.98. The average Bonchev–Trinajstić information content (AvgIpc) is 2.22. The number of alkyl halides is 6. The highest BCUT2D eigenvalue weighted by atomic mass is 79.9. The summed E-state index contributed by atoms with van der Waals surface area (Å²) in [5.74, 6) is -4.96. The molecule has 0 saturated carbocycles. The number of benzene rings is 1. The van der Waals surface area contributed by atoms with Gasteiger partial charge in [-0.05, 0) is 17.7 Å². The van der Waals surface area contributed by atoms with Crippen LogP contribution in [0.15, 0.2) is 12.1 Å². The van der Waals surface area contributed by atoms with Crippen LogP contribution in [0.25, 0.3) is 0 Å². The van der Waals surface area contributed by atoms with Gasteiger partial charge in [-0.1, -0.05) is 50.7 Å². The summed E-state index contributed by atoms with van der Waals surface area (Å²) in [5.41, 5.74) is -0.420. The van der Waals surface area contributed by atoms with E-state index in [-0.39, 0.29) is 15.1 Å². The van der Waals surface area contributed by atoms with E-state index in [4.69, 9.17) is 34.8 Å². The van der Waals surface area contributed by atoms with E-state index < -0.39 is 22.5 Å². The Bertz CT molecular complexity index is 437. The molecule has 1 aromatic rings. The quantitative estimate of drug-likeness (QED) is 0.316. The number of hydrogen-bond donors (Lipinski definition) is 0. The lowest BCUT2D eigenvalue weighted by Crippen LogP contribution is -2.39. The van der Waals surface area contributed by atoms with E-state index in [1.54, 1.807) is 0 Å². The summed E-state index contributed by atoms with van der Waals surface area (Å²) in [4.78, 5) is -2.31. The van der Waals surface area contributed by atoms with Gasteiger partial charge in [0.1, 0.15) is 4.83 Å². The maximum atomic E-state index is 13.1. The van der Waals surface area contributed by atoms with Gasteiger partial charge in [0.05, 0.1) is 15.1 Å². The van der Waals surface area contributed by atoms with Gasteiger partial charge >= 0.3 is 12.1 Å². The second-order valence-electron chi connectivity index (χ2n) is 3.28. The van der Waals surface area contributed by atoms with Crippen LogP contribution in [0.1, 0.15) is 10.4 Å². The van der Waals surface area contributed by atoms with Crippen molar-refractivity contribution in [3.63, 3.8) is 0 Å². The van der Waals surface area contributed by atoms with Gasteiger partial charge in [0, 0.05) is 0 Å². The fourth-order valence-electron chi connectivity index (χ4n) is 1.07. The third kappa shape index (κ3) is 3.03. The van der Waals surface area contributed by atoms with Crippen LogP contribution >= 0.6 is 50.7 Å². The lowest BCUT2D eigenvalue weighted by Gasteiger charge is -2.25.